The number of hydrogen-bond donors (Lipinski definition) is 2. The van der Waals surface area contributed by atoms with Crippen LogP contribution in [0.1, 0.15) is 11.1 Å². The second kappa shape index (κ2) is 7.61. The maximum Gasteiger partial charge on any atom is 0.255 e. The maximum absolute atomic E-state index is 12.4. The molecular weight excluding hydrogens is 350 g/mol. The van der Waals surface area contributed by atoms with Crippen molar-refractivity contribution >= 4 is 33.4 Å². The van der Waals surface area contributed by atoms with Crippen LogP contribution in [0.2, 0.25) is 0 Å². The minimum absolute atomic E-state index is 0.0758. The third-order valence-electron chi connectivity index (χ3n) is 4.05. The third-order valence-corrected chi connectivity index (χ3v) is 5.05. The van der Waals surface area contributed by atoms with Crippen molar-refractivity contribution in [3.05, 3.63) is 65.1 Å². The molecule has 1 fully saturated rings. The summed E-state index contributed by atoms with van der Waals surface area (Å²) in [5, 5.41) is 3.91. The second-order valence-electron chi connectivity index (χ2n) is 6.15. The molecule has 0 radical (unpaired) electrons. The summed E-state index contributed by atoms with van der Waals surface area (Å²) in [5.74, 6) is -0.0758. The van der Waals surface area contributed by atoms with E-state index in [0.717, 1.165) is 16.5 Å². The predicted octanol–water partition coefficient (Wildman–Crippen LogP) is 2.34. The van der Waals surface area contributed by atoms with Gasteiger partial charge in [-0.3, -0.25) is 9.52 Å². The van der Waals surface area contributed by atoms with E-state index in [-0.39, 0.29) is 12.5 Å². The Bertz CT molecular complexity index is 921. The highest BCUT2D eigenvalue weighted by Gasteiger charge is 2.20. The van der Waals surface area contributed by atoms with Crippen LogP contribution in [0, 0.1) is 6.92 Å². The fourth-order valence-corrected chi connectivity index (χ4v) is 3.60. The molecule has 0 spiro atoms. The van der Waals surface area contributed by atoms with E-state index in [2.05, 4.69) is 10.0 Å². The van der Waals surface area contributed by atoms with E-state index in [9.17, 15) is 13.2 Å². The van der Waals surface area contributed by atoms with Crippen LogP contribution >= 0.6 is 0 Å². The van der Waals surface area contributed by atoms with E-state index in [1.807, 2.05) is 42.2 Å². The Kier molecular flexibility index (Phi) is 5.27. The largest absolute Gasteiger partial charge is 0.359 e. The normalized spacial score (nSPS) is 15.1. The van der Waals surface area contributed by atoms with Crippen molar-refractivity contribution in [1.29, 1.82) is 0 Å². The number of aryl methyl sites for hydroxylation is 1. The molecule has 0 unspecified atom stereocenters. The van der Waals surface area contributed by atoms with Crippen molar-refractivity contribution in [1.82, 2.24) is 5.32 Å². The Morgan fingerprint density at radius 2 is 1.85 bits per heavy atom. The molecule has 0 aromatic heterocycles. The summed E-state index contributed by atoms with van der Waals surface area (Å²) in [4.78, 5) is 13.5. The first-order valence-corrected chi connectivity index (χ1v) is 9.86. The first kappa shape index (κ1) is 18.0. The molecule has 0 atom stereocenters. The van der Waals surface area contributed by atoms with Gasteiger partial charge in [0.05, 0.1) is 23.3 Å². The average molecular weight is 371 g/mol. The van der Waals surface area contributed by atoms with Crippen LogP contribution in [0.4, 0.5) is 11.4 Å². The zero-order valence-electron chi connectivity index (χ0n) is 14.5. The smallest absolute Gasteiger partial charge is 0.255 e. The van der Waals surface area contributed by atoms with E-state index in [0.29, 0.717) is 24.5 Å². The average Bonchev–Trinajstić information content (AvgIpc) is 2.61. The lowest BCUT2D eigenvalue weighted by Gasteiger charge is -2.30. The summed E-state index contributed by atoms with van der Waals surface area (Å²) in [6, 6.07) is 14.7. The van der Waals surface area contributed by atoms with Crippen molar-refractivity contribution in [2.75, 3.05) is 29.3 Å². The Morgan fingerprint density at radius 3 is 2.58 bits per heavy atom. The summed E-state index contributed by atoms with van der Waals surface area (Å²) in [6.07, 6.45) is 1.55. The number of piperazine rings is 1. The Balaban J connectivity index is 1.79. The molecule has 1 aliphatic heterocycles. The standard InChI is InChI=1S/C19H21N3O3S/c1-15-6-8-16(9-7-15)10-13-26(24,25)21-17-4-2-3-5-18(17)22-12-11-20-19(23)14-22/h2-10,13,21H,11-12,14H2,1H3,(H,20,23)/b13-10+. The molecule has 1 heterocycles. The highest BCUT2D eigenvalue weighted by Crippen LogP contribution is 2.27. The lowest BCUT2D eigenvalue weighted by Crippen LogP contribution is -2.47. The van der Waals surface area contributed by atoms with Crippen LogP contribution in [0.25, 0.3) is 6.08 Å². The molecule has 0 bridgehead atoms. The van der Waals surface area contributed by atoms with Gasteiger partial charge in [-0.05, 0) is 30.7 Å². The van der Waals surface area contributed by atoms with Gasteiger partial charge in [0.25, 0.3) is 10.0 Å². The zero-order valence-corrected chi connectivity index (χ0v) is 15.3. The number of carbonyl (C=O) groups excluding carboxylic acids is 1. The van der Waals surface area contributed by atoms with Crippen LogP contribution in [-0.4, -0.2) is 34.0 Å². The van der Waals surface area contributed by atoms with E-state index in [1.54, 1.807) is 24.3 Å². The Labute approximate surface area is 153 Å². The molecule has 26 heavy (non-hydrogen) atoms. The topological polar surface area (TPSA) is 78.5 Å². The molecule has 7 heteroatoms. The SMILES string of the molecule is Cc1ccc(/C=C/S(=O)(=O)Nc2ccccc2N2CCNC(=O)C2)cc1. The number of benzene rings is 2. The van der Waals surface area contributed by atoms with Gasteiger partial charge < -0.3 is 10.2 Å². The Hall–Kier alpha value is -2.80. The molecule has 3 rings (SSSR count). The number of rotatable bonds is 5. The summed E-state index contributed by atoms with van der Waals surface area (Å²) >= 11 is 0. The minimum atomic E-state index is -3.68. The minimum Gasteiger partial charge on any atom is -0.359 e. The van der Waals surface area contributed by atoms with E-state index >= 15 is 0 Å². The number of para-hydroxylation sites is 2. The molecule has 6 nitrogen and oxygen atoms in total. The predicted molar refractivity (Wildman–Crippen MR) is 104 cm³/mol. The molecular formula is C19H21N3O3S. The summed E-state index contributed by atoms with van der Waals surface area (Å²) < 4.78 is 27.5. The fourth-order valence-electron chi connectivity index (χ4n) is 2.71. The maximum atomic E-state index is 12.4. The molecule has 2 aromatic carbocycles. The van der Waals surface area contributed by atoms with Gasteiger partial charge in [-0.25, -0.2) is 8.42 Å². The fraction of sp³-hybridized carbons (Fsp3) is 0.211. The van der Waals surface area contributed by atoms with Gasteiger partial charge in [-0.2, -0.15) is 0 Å². The quantitative estimate of drug-likeness (QED) is 0.846. The van der Waals surface area contributed by atoms with E-state index in [1.165, 1.54) is 0 Å². The zero-order chi connectivity index (χ0) is 18.6. The number of nitrogens with one attached hydrogen (secondary N) is 2. The molecule has 2 N–H and O–H groups in total. The number of amides is 1. The number of nitrogens with zero attached hydrogens (tertiary/aromatic N) is 1. The summed E-state index contributed by atoms with van der Waals surface area (Å²) in [6.45, 7) is 3.35. The van der Waals surface area contributed by atoms with Crippen molar-refractivity contribution in [2.24, 2.45) is 0 Å². The molecule has 0 aliphatic carbocycles. The number of anilines is 2. The van der Waals surface area contributed by atoms with Gasteiger partial charge in [0.1, 0.15) is 0 Å². The van der Waals surface area contributed by atoms with Crippen molar-refractivity contribution in [3.63, 3.8) is 0 Å². The van der Waals surface area contributed by atoms with Crippen molar-refractivity contribution in [3.8, 4) is 0 Å². The lowest BCUT2D eigenvalue weighted by atomic mass is 10.2. The van der Waals surface area contributed by atoms with Crippen LogP contribution in [-0.2, 0) is 14.8 Å². The lowest BCUT2D eigenvalue weighted by molar-refractivity contribution is -0.120. The molecule has 1 saturated heterocycles. The Morgan fingerprint density at radius 1 is 1.12 bits per heavy atom. The van der Waals surface area contributed by atoms with Crippen LogP contribution in [0.15, 0.2) is 53.9 Å². The second-order valence-corrected chi connectivity index (χ2v) is 7.72. The van der Waals surface area contributed by atoms with Crippen LogP contribution in [0.3, 0.4) is 0 Å². The third kappa shape index (κ3) is 4.64. The highest BCUT2D eigenvalue weighted by atomic mass is 32.2. The van der Waals surface area contributed by atoms with Crippen molar-refractivity contribution < 1.29 is 13.2 Å². The monoisotopic (exact) mass is 371 g/mol. The summed E-state index contributed by atoms with van der Waals surface area (Å²) in [7, 11) is -3.68. The van der Waals surface area contributed by atoms with Gasteiger partial charge in [-0.15, -0.1) is 0 Å². The molecule has 0 saturated carbocycles. The highest BCUT2D eigenvalue weighted by molar-refractivity contribution is 7.95. The van der Waals surface area contributed by atoms with Gasteiger partial charge >= 0.3 is 0 Å². The van der Waals surface area contributed by atoms with Crippen LogP contribution < -0.4 is 14.9 Å². The van der Waals surface area contributed by atoms with Gasteiger partial charge in [0, 0.05) is 13.1 Å². The number of hydrogen-bond acceptors (Lipinski definition) is 4. The first-order chi connectivity index (χ1) is 12.4. The van der Waals surface area contributed by atoms with Crippen molar-refractivity contribution in [2.45, 2.75) is 6.92 Å². The van der Waals surface area contributed by atoms with E-state index < -0.39 is 10.0 Å². The molecule has 1 aliphatic rings. The first-order valence-electron chi connectivity index (χ1n) is 8.31. The molecule has 2 aromatic rings. The van der Waals surface area contributed by atoms with Gasteiger partial charge in [0.15, 0.2) is 0 Å². The van der Waals surface area contributed by atoms with E-state index in [4.69, 9.17) is 0 Å². The number of carbonyl (C=O) groups is 1. The molecule has 136 valence electrons. The van der Waals surface area contributed by atoms with Gasteiger partial charge in [0.2, 0.25) is 5.91 Å². The molecule has 1 amide bonds. The summed E-state index contributed by atoms with van der Waals surface area (Å²) in [5.41, 5.74) is 3.06. The van der Waals surface area contributed by atoms with Gasteiger partial charge in [-0.1, -0.05) is 42.0 Å². The van der Waals surface area contributed by atoms with Crippen LogP contribution in [0.5, 0.6) is 0 Å². The number of sulfonamides is 1.